The molecular formula is C26H33F3N2O3. The zero-order chi connectivity index (χ0) is 23.9. The first-order valence-electron chi connectivity index (χ1n) is 12.6. The maximum absolute atomic E-state index is 13.1. The molecule has 5 fully saturated rings. The standard InChI is InChI=1S/C26H33F3N2O3/c1-23-7-4-8-24(2)25(23,34-24)14-19-20(22(32)33-21(19)15-23)16-30-9-11-31(12-10-30)18-6-3-5-17(13-18)26(27,28)29/h3,5-6,13,19-21H,4,7-12,14-16H2,1-2H3. The Morgan fingerprint density at radius 1 is 1.09 bits per heavy atom. The highest BCUT2D eigenvalue weighted by atomic mass is 19.4. The van der Waals surface area contributed by atoms with E-state index in [9.17, 15) is 18.0 Å². The van der Waals surface area contributed by atoms with Gasteiger partial charge in [0.05, 0.1) is 17.1 Å². The number of fused-ring (bicyclic) bond motifs is 1. The van der Waals surface area contributed by atoms with Crippen LogP contribution in [0.4, 0.5) is 18.9 Å². The average Bonchev–Trinajstić information content (AvgIpc) is 3.31. The predicted octanol–water partition coefficient (Wildman–Crippen LogP) is 4.50. The van der Waals surface area contributed by atoms with E-state index in [1.54, 1.807) is 6.07 Å². The van der Waals surface area contributed by atoms with Gasteiger partial charge in [-0.05, 0) is 57.2 Å². The lowest BCUT2D eigenvalue weighted by Gasteiger charge is -2.48. The Balaban J connectivity index is 1.11. The normalized spacial score (nSPS) is 42.0. The fourth-order valence-corrected chi connectivity index (χ4v) is 7.72. The summed E-state index contributed by atoms with van der Waals surface area (Å²) in [6, 6.07) is 5.54. The third-order valence-corrected chi connectivity index (χ3v) is 9.67. The van der Waals surface area contributed by atoms with Crippen LogP contribution < -0.4 is 4.90 Å². The molecule has 8 heteroatoms. The maximum Gasteiger partial charge on any atom is 0.416 e. The number of benzene rings is 1. The molecule has 3 aliphatic heterocycles. The molecule has 2 aliphatic carbocycles. The van der Waals surface area contributed by atoms with Crippen molar-refractivity contribution < 1.29 is 27.4 Å². The van der Waals surface area contributed by atoms with E-state index in [1.165, 1.54) is 18.6 Å². The highest BCUT2D eigenvalue weighted by Crippen LogP contribution is 2.72. The fourth-order valence-electron chi connectivity index (χ4n) is 7.72. The summed E-state index contributed by atoms with van der Waals surface area (Å²) in [7, 11) is 0. The summed E-state index contributed by atoms with van der Waals surface area (Å²) < 4.78 is 51.7. The Morgan fingerprint density at radius 3 is 2.59 bits per heavy atom. The topological polar surface area (TPSA) is 45.3 Å². The molecule has 186 valence electrons. The van der Waals surface area contributed by atoms with E-state index in [0.717, 1.165) is 31.7 Å². The first-order chi connectivity index (χ1) is 16.0. The highest BCUT2D eigenvalue weighted by Gasteiger charge is 2.79. The molecule has 0 radical (unpaired) electrons. The van der Waals surface area contributed by atoms with Crippen LogP contribution in [0.25, 0.3) is 0 Å². The van der Waals surface area contributed by atoms with Crippen LogP contribution in [0.2, 0.25) is 0 Å². The highest BCUT2D eigenvalue weighted by molar-refractivity contribution is 5.76. The summed E-state index contributed by atoms with van der Waals surface area (Å²) in [5.74, 6) is -0.0577. The van der Waals surface area contributed by atoms with Crippen LogP contribution in [0.5, 0.6) is 0 Å². The molecule has 0 N–H and O–H groups in total. The number of carbonyl (C=O) groups is 1. The molecule has 6 rings (SSSR count). The van der Waals surface area contributed by atoms with Crippen molar-refractivity contribution in [1.82, 2.24) is 4.90 Å². The molecule has 0 aromatic heterocycles. The lowest BCUT2D eigenvalue weighted by molar-refractivity contribution is -0.146. The van der Waals surface area contributed by atoms with Crippen LogP contribution >= 0.6 is 0 Å². The summed E-state index contributed by atoms with van der Waals surface area (Å²) in [6.45, 7) is 7.93. The molecule has 1 spiro atoms. The van der Waals surface area contributed by atoms with Gasteiger partial charge < -0.3 is 14.4 Å². The van der Waals surface area contributed by atoms with Crippen LogP contribution in [-0.2, 0) is 20.4 Å². The molecule has 3 heterocycles. The number of esters is 1. The number of halogens is 3. The molecule has 2 saturated carbocycles. The van der Waals surface area contributed by atoms with E-state index in [1.807, 2.05) is 4.90 Å². The first kappa shape index (κ1) is 22.7. The second-order valence-corrected chi connectivity index (χ2v) is 11.6. The zero-order valence-corrected chi connectivity index (χ0v) is 19.9. The minimum absolute atomic E-state index is 0.0222. The van der Waals surface area contributed by atoms with Crippen molar-refractivity contribution in [2.45, 2.75) is 69.4 Å². The quantitative estimate of drug-likeness (QED) is 0.473. The van der Waals surface area contributed by atoms with Gasteiger partial charge in [-0.2, -0.15) is 13.2 Å². The van der Waals surface area contributed by atoms with Gasteiger partial charge in [-0.3, -0.25) is 9.69 Å². The molecule has 6 atom stereocenters. The number of hydrogen-bond acceptors (Lipinski definition) is 5. The number of carbonyl (C=O) groups excluding carboxylic acids is 1. The van der Waals surface area contributed by atoms with E-state index in [4.69, 9.17) is 9.47 Å². The molecule has 3 saturated heterocycles. The van der Waals surface area contributed by atoms with Gasteiger partial charge in [0, 0.05) is 49.7 Å². The number of ether oxygens (including phenoxy) is 2. The van der Waals surface area contributed by atoms with Gasteiger partial charge in [0.2, 0.25) is 0 Å². The Labute approximate surface area is 198 Å². The van der Waals surface area contributed by atoms with Gasteiger partial charge in [-0.15, -0.1) is 0 Å². The van der Waals surface area contributed by atoms with Crippen molar-refractivity contribution >= 4 is 11.7 Å². The summed E-state index contributed by atoms with van der Waals surface area (Å²) in [4.78, 5) is 17.2. The van der Waals surface area contributed by atoms with Gasteiger partial charge in [0.25, 0.3) is 0 Å². The molecular weight excluding hydrogens is 445 g/mol. The predicted molar refractivity (Wildman–Crippen MR) is 120 cm³/mol. The van der Waals surface area contributed by atoms with Gasteiger partial charge in [-0.25, -0.2) is 0 Å². The Kier molecular flexibility index (Phi) is 4.90. The second-order valence-electron chi connectivity index (χ2n) is 11.6. The van der Waals surface area contributed by atoms with Gasteiger partial charge in [0.1, 0.15) is 11.7 Å². The Bertz CT molecular complexity index is 994. The monoisotopic (exact) mass is 478 g/mol. The molecule has 5 aliphatic rings. The van der Waals surface area contributed by atoms with Crippen molar-refractivity contribution in [3.63, 3.8) is 0 Å². The van der Waals surface area contributed by atoms with Crippen molar-refractivity contribution in [3.05, 3.63) is 29.8 Å². The van der Waals surface area contributed by atoms with Gasteiger partial charge in [0.15, 0.2) is 0 Å². The molecule has 5 nitrogen and oxygen atoms in total. The Hall–Kier alpha value is -1.80. The number of hydrogen-bond donors (Lipinski definition) is 0. The smallest absolute Gasteiger partial charge is 0.416 e. The second kappa shape index (κ2) is 7.36. The van der Waals surface area contributed by atoms with E-state index in [0.29, 0.717) is 38.4 Å². The first-order valence-corrected chi connectivity index (χ1v) is 12.6. The third-order valence-electron chi connectivity index (χ3n) is 9.67. The van der Waals surface area contributed by atoms with Crippen molar-refractivity contribution in [2.75, 3.05) is 37.6 Å². The minimum Gasteiger partial charge on any atom is -0.462 e. The zero-order valence-electron chi connectivity index (χ0n) is 19.9. The fraction of sp³-hybridized carbons (Fsp3) is 0.731. The number of piperazine rings is 1. The Morgan fingerprint density at radius 2 is 1.85 bits per heavy atom. The number of rotatable bonds is 3. The lowest BCUT2D eigenvalue weighted by Crippen LogP contribution is -2.54. The summed E-state index contributed by atoms with van der Waals surface area (Å²) in [5, 5.41) is 0. The molecule has 34 heavy (non-hydrogen) atoms. The van der Waals surface area contributed by atoms with E-state index < -0.39 is 11.7 Å². The number of anilines is 1. The van der Waals surface area contributed by atoms with Gasteiger partial charge >= 0.3 is 12.1 Å². The van der Waals surface area contributed by atoms with Crippen LogP contribution in [0.15, 0.2) is 24.3 Å². The van der Waals surface area contributed by atoms with Crippen LogP contribution in [-0.4, -0.2) is 60.9 Å². The van der Waals surface area contributed by atoms with Crippen LogP contribution in [0.1, 0.15) is 51.5 Å². The SMILES string of the molecule is CC12CCCC3(C)OC13CC1C(C2)OC(=O)C1CN1CCN(c2cccc(C(F)(F)F)c2)CC1. The molecule has 0 amide bonds. The van der Waals surface area contributed by atoms with Crippen LogP contribution in [0.3, 0.4) is 0 Å². The number of nitrogens with zero attached hydrogens (tertiary/aromatic N) is 2. The molecule has 1 aromatic carbocycles. The minimum atomic E-state index is -4.34. The molecule has 0 bridgehead atoms. The number of alkyl halides is 3. The third kappa shape index (κ3) is 3.31. The summed E-state index contributed by atoms with van der Waals surface area (Å²) in [5.41, 5.74) is -0.116. The molecule has 1 aromatic rings. The molecule has 6 unspecified atom stereocenters. The van der Waals surface area contributed by atoms with Crippen molar-refractivity contribution in [2.24, 2.45) is 17.3 Å². The van der Waals surface area contributed by atoms with E-state index in [-0.39, 0.29) is 40.5 Å². The van der Waals surface area contributed by atoms with Crippen molar-refractivity contribution in [3.8, 4) is 0 Å². The maximum atomic E-state index is 13.1. The average molecular weight is 479 g/mol. The summed E-state index contributed by atoms with van der Waals surface area (Å²) in [6.07, 6.45) is 0.810. The van der Waals surface area contributed by atoms with E-state index in [2.05, 4.69) is 18.7 Å². The lowest BCUT2D eigenvalue weighted by atomic mass is 9.53. The summed E-state index contributed by atoms with van der Waals surface area (Å²) >= 11 is 0. The van der Waals surface area contributed by atoms with E-state index >= 15 is 0 Å². The van der Waals surface area contributed by atoms with Gasteiger partial charge in [-0.1, -0.05) is 13.0 Å². The number of epoxide rings is 1. The van der Waals surface area contributed by atoms with Crippen LogP contribution in [0, 0.1) is 17.3 Å². The largest absolute Gasteiger partial charge is 0.462 e. The van der Waals surface area contributed by atoms with Crippen molar-refractivity contribution in [1.29, 1.82) is 0 Å².